The van der Waals surface area contributed by atoms with E-state index in [0.717, 1.165) is 16.9 Å². The molecule has 1 atom stereocenters. The lowest BCUT2D eigenvalue weighted by Gasteiger charge is -2.13. The van der Waals surface area contributed by atoms with Crippen molar-refractivity contribution in [3.8, 4) is 5.75 Å². The van der Waals surface area contributed by atoms with Crippen molar-refractivity contribution in [3.05, 3.63) is 59.9 Å². The molecule has 0 saturated carbocycles. The Balaban J connectivity index is 2.08. The molecule has 1 aromatic carbocycles. The van der Waals surface area contributed by atoms with E-state index in [1.165, 1.54) is 0 Å². The zero-order valence-corrected chi connectivity index (χ0v) is 11.3. The van der Waals surface area contributed by atoms with Crippen LogP contribution in [0.5, 0.6) is 5.75 Å². The van der Waals surface area contributed by atoms with Crippen LogP contribution in [0.15, 0.2) is 48.8 Å². The lowest BCUT2D eigenvalue weighted by molar-refractivity contribution is -0.138. The summed E-state index contributed by atoms with van der Waals surface area (Å²) in [6, 6.07) is 11.0. The molecule has 0 radical (unpaired) electrons. The molecule has 20 heavy (non-hydrogen) atoms. The van der Waals surface area contributed by atoms with Gasteiger partial charge in [0.15, 0.2) is 0 Å². The molecule has 0 aliphatic rings. The van der Waals surface area contributed by atoms with E-state index in [4.69, 9.17) is 4.74 Å². The fourth-order valence-electron chi connectivity index (χ4n) is 2.13. The molecule has 0 saturated heterocycles. The van der Waals surface area contributed by atoms with E-state index in [-0.39, 0.29) is 0 Å². The SMILES string of the molecule is COc1ccc(C(CCc2ccncc2)C(=O)O)cc1. The molecule has 104 valence electrons. The monoisotopic (exact) mass is 271 g/mol. The topological polar surface area (TPSA) is 59.4 Å². The van der Waals surface area contributed by atoms with Crippen molar-refractivity contribution in [2.45, 2.75) is 18.8 Å². The average molecular weight is 271 g/mol. The number of methoxy groups -OCH3 is 1. The van der Waals surface area contributed by atoms with Gasteiger partial charge in [0.2, 0.25) is 0 Å². The summed E-state index contributed by atoms with van der Waals surface area (Å²) < 4.78 is 5.08. The summed E-state index contributed by atoms with van der Waals surface area (Å²) in [5, 5.41) is 9.39. The van der Waals surface area contributed by atoms with Gasteiger partial charge >= 0.3 is 5.97 Å². The predicted octanol–water partition coefficient (Wildman–Crippen LogP) is 2.89. The lowest BCUT2D eigenvalue weighted by atomic mass is 9.92. The number of hydrogen-bond acceptors (Lipinski definition) is 3. The zero-order chi connectivity index (χ0) is 14.4. The first kappa shape index (κ1) is 14.1. The summed E-state index contributed by atoms with van der Waals surface area (Å²) in [7, 11) is 1.59. The van der Waals surface area contributed by atoms with Gasteiger partial charge in [-0.05, 0) is 48.2 Å². The van der Waals surface area contributed by atoms with Crippen molar-refractivity contribution in [2.24, 2.45) is 0 Å². The van der Waals surface area contributed by atoms with Gasteiger partial charge < -0.3 is 9.84 Å². The number of ether oxygens (including phenoxy) is 1. The van der Waals surface area contributed by atoms with Gasteiger partial charge in [-0.3, -0.25) is 9.78 Å². The summed E-state index contributed by atoms with van der Waals surface area (Å²) in [5.41, 5.74) is 1.90. The van der Waals surface area contributed by atoms with E-state index in [9.17, 15) is 9.90 Å². The Morgan fingerprint density at radius 1 is 1.20 bits per heavy atom. The van der Waals surface area contributed by atoms with E-state index < -0.39 is 11.9 Å². The molecule has 2 rings (SSSR count). The maximum atomic E-state index is 11.4. The molecule has 4 nitrogen and oxygen atoms in total. The summed E-state index contributed by atoms with van der Waals surface area (Å²) in [4.78, 5) is 15.4. The molecule has 0 aliphatic carbocycles. The molecule has 0 aliphatic heterocycles. The number of nitrogens with zero attached hydrogens (tertiary/aromatic N) is 1. The molecule has 0 fully saturated rings. The highest BCUT2D eigenvalue weighted by Crippen LogP contribution is 2.24. The Kier molecular flexibility index (Phi) is 4.71. The standard InChI is InChI=1S/C16H17NO3/c1-20-14-5-3-13(4-6-14)15(16(18)19)7-2-12-8-10-17-11-9-12/h3-6,8-11,15H,2,7H2,1H3,(H,18,19). The van der Waals surface area contributed by atoms with Crippen molar-refractivity contribution < 1.29 is 14.6 Å². The summed E-state index contributed by atoms with van der Waals surface area (Å²) in [6.07, 6.45) is 4.72. The maximum absolute atomic E-state index is 11.4. The second-order valence-corrected chi connectivity index (χ2v) is 4.56. The van der Waals surface area contributed by atoms with Crippen LogP contribution < -0.4 is 4.74 Å². The highest BCUT2D eigenvalue weighted by atomic mass is 16.5. The minimum Gasteiger partial charge on any atom is -0.497 e. The largest absolute Gasteiger partial charge is 0.497 e. The van der Waals surface area contributed by atoms with Crippen LogP contribution in [0.4, 0.5) is 0 Å². The number of aliphatic carboxylic acids is 1. The van der Waals surface area contributed by atoms with Gasteiger partial charge in [-0.15, -0.1) is 0 Å². The second kappa shape index (κ2) is 6.70. The highest BCUT2D eigenvalue weighted by Gasteiger charge is 2.19. The molecule has 4 heteroatoms. The molecule has 0 bridgehead atoms. The second-order valence-electron chi connectivity index (χ2n) is 4.56. The van der Waals surface area contributed by atoms with E-state index in [0.29, 0.717) is 12.8 Å². The zero-order valence-electron chi connectivity index (χ0n) is 11.3. The number of benzene rings is 1. The van der Waals surface area contributed by atoms with Crippen LogP contribution in [0.25, 0.3) is 0 Å². The fraction of sp³-hybridized carbons (Fsp3) is 0.250. The number of rotatable bonds is 6. The summed E-state index contributed by atoms with van der Waals surface area (Å²) in [5.74, 6) is -0.578. The predicted molar refractivity (Wildman–Crippen MR) is 75.9 cm³/mol. The number of carbonyl (C=O) groups is 1. The molecular weight excluding hydrogens is 254 g/mol. The first-order valence-corrected chi connectivity index (χ1v) is 6.46. The molecule has 0 amide bonds. The third-order valence-corrected chi connectivity index (χ3v) is 3.29. The number of aromatic nitrogens is 1. The van der Waals surface area contributed by atoms with Crippen LogP contribution in [0.2, 0.25) is 0 Å². The van der Waals surface area contributed by atoms with Crippen molar-refractivity contribution in [1.82, 2.24) is 4.98 Å². The molecule has 1 heterocycles. The van der Waals surface area contributed by atoms with Gasteiger partial charge in [-0.1, -0.05) is 12.1 Å². The van der Waals surface area contributed by atoms with Crippen LogP contribution in [0.1, 0.15) is 23.5 Å². The van der Waals surface area contributed by atoms with Crippen molar-refractivity contribution >= 4 is 5.97 Å². The Labute approximate surface area is 118 Å². The Hall–Kier alpha value is -2.36. The van der Waals surface area contributed by atoms with Crippen molar-refractivity contribution in [3.63, 3.8) is 0 Å². The van der Waals surface area contributed by atoms with Gasteiger partial charge in [0.1, 0.15) is 5.75 Å². The molecule has 1 aromatic heterocycles. The molecule has 1 N–H and O–H groups in total. The maximum Gasteiger partial charge on any atom is 0.310 e. The molecular formula is C16H17NO3. The first-order valence-electron chi connectivity index (χ1n) is 6.46. The Morgan fingerprint density at radius 2 is 1.85 bits per heavy atom. The smallest absolute Gasteiger partial charge is 0.310 e. The van der Waals surface area contributed by atoms with Crippen molar-refractivity contribution in [2.75, 3.05) is 7.11 Å². The molecule has 0 spiro atoms. The van der Waals surface area contributed by atoms with Crippen LogP contribution in [0, 0.1) is 0 Å². The van der Waals surface area contributed by atoms with Gasteiger partial charge in [0.05, 0.1) is 13.0 Å². The molecule has 1 unspecified atom stereocenters. The number of aryl methyl sites for hydroxylation is 1. The van der Waals surface area contributed by atoms with Crippen molar-refractivity contribution in [1.29, 1.82) is 0 Å². The summed E-state index contributed by atoms with van der Waals surface area (Å²) >= 11 is 0. The lowest BCUT2D eigenvalue weighted by Crippen LogP contribution is -2.12. The van der Waals surface area contributed by atoms with Gasteiger partial charge in [-0.25, -0.2) is 0 Å². The third-order valence-electron chi connectivity index (χ3n) is 3.29. The van der Waals surface area contributed by atoms with E-state index in [2.05, 4.69) is 4.98 Å². The third kappa shape index (κ3) is 3.57. The average Bonchev–Trinajstić information content (AvgIpc) is 2.49. The van der Waals surface area contributed by atoms with Crippen LogP contribution in [0.3, 0.4) is 0 Å². The van der Waals surface area contributed by atoms with E-state index in [1.54, 1.807) is 31.6 Å². The van der Waals surface area contributed by atoms with Crippen LogP contribution in [-0.2, 0) is 11.2 Å². The normalized spacial score (nSPS) is 11.8. The van der Waals surface area contributed by atoms with E-state index in [1.807, 2.05) is 24.3 Å². The van der Waals surface area contributed by atoms with Crippen LogP contribution in [-0.4, -0.2) is 23.2 Å². The van der Waals surface area contributed by atoms with Gasteiger partial charge in [0.25, 0.3) is 0 Å². The van der Waals surface area contributed by atoms with Gasteiger partial charge in [-0.2, -0.15) is 0 Å². The van der Waals surface area contributed by atoms with Gasteiger partial charge in [0, 0.05) is 12.4 Å². The summed E-state index contributed by atoms with van der Waals surface area (Å²) in [6.45, 7) is 0. The minimum absolute atomic E-state index is 0.505. The molecule has 2 aromatic rings. The quantitative estimate of drug-likeness (QED) is 0.877. The minimum atomic E-state index is -0.802. The van der Waals surface area contributed by atoms with Crippen LogP contribution >= 0.6 is 0 Å². The first-order chi connectivity index (χ1) is 9.70. The van der Waals surface area contributed by atoms with E-state index >= 15 is 0 Å². The number of carboxylic acid groups (broad SMARTS) is 1. The Bertz CT molecular complexity index is 552. The Morgan fingerprint density at radius 3 is 2.40 bits per heavy atom. The fourth-order valence-corrected chi connectivity index (χ4v) is 2.13. The highest BCUT2D eigenvalue weighted by molar-refractivity contribution is 5.76. The number of pyridine rings is 1. The number of hydrogen-bond donors (Lipinski definition) is 1. The number of carboxylic acids is 1.